The Morgan fingerprint density at radius 1 is 1.11 bits per heavy atom. The first kappa shape index (κ1) is 14.3. The molecule has 2 heteroatoms. The minimum absolute atomic E-state index is 0.750. The van der Waals surface area contributed by atoms with E-state index in [4.69, 9.17) is 0 Å². The number of nitrogens with zero attached hydrogens (tertiary/aromatic N) is 1. The molecule has 2 fully saturated rings. The van der Waals surface area contributed by atoms with E-state index in [1.165, 1.54) is 58.0 Å². The van der Waals surface area contributed by atoms with Crippen LogP contribution in [-0.2, 0) is 0 Å². The Kier molecular flexibility index (Phi) is 5.50. The lowest BCUT2D eigenvalue weighted by Gasteiger charge is -2.37. The van der Waals surface area contributed by atoms with Crippen molar-refractivity contribution in [2.75, 3.05) is 13.1 Å². The summed E-state index contributed by atoms with van der Waals surface area (Å²) < 4.78 is 0. The minimum Gasteiger partial charge on any atom is -0.312 e. The van der Waals surface area contributed by atoms with Gasteiger partial charge >= 0.3 is 0 Å². The van der Waals surface area contributed by atoms with Gasteiger partial charge < -0.3 is 5.32 Å². The molecule has 0 aromatic carbocycles. The smallest absolute Gasteiger partial charge is 0.0252 e. The topological polar surface area (TPSA) is 15.3 Å². The Bertz CT molecular complexity index is 241. The lowest BCUT2D eigenvalue weighted by Crippen LogP contribution is -2.51. The van der Waals surface area contributed by atoms with Gasteiger partial charge in [0.15, 0.2) is 0 Å². The van der Waals surface area contributed by atoms with Gasteiger partial charge in [0, 0.05) is 24.7 Å². The van der Waals surface area contributed by atoms with Gasteiger partial charge in [-0.25, -0.2) is 0 Å². The summed E-state index contributed by atoms with van der Waals surface area (Å²) in [6, 6.07) is 2.35. The van der Waals surface area contributed by atoms with Crippen LogP contribution in [0.3, 0.4) is 0 Å². The third-order valence-corrected chi connectivity index (χ3v) is 4.89. The zero-order valence-electron chi connectivity index (χ0n) is 12.6. The van der Waals surface area contributed by atoms with Gasteiger partial charge in [-0.3, -0.25) is 4.90 Å². The van der Waals surface area contributed by atoms with E-state index in [1.54, 1.807) is 0 Å². The molecule has 1 saturated carbocycles. The normalized spacial score (nSPS) is 38.8. The Hall–Kier alpha value is -0.0800. The molecule has 0 amide bonds. The highest BCUT2D eigenvalue weighted by Crippen LogP contribution is 2.31. The molecule has 0 aromatic heterocycles. The maximum Gasteiger partial charge on any atom is 0.0252 e. The molecule has 1 heterocycles. The average molecular weight is 252 g/mol. The van der Waals surface area contributed by atoms with Crippen LogP contribution in [0.15, 0.2) is 0 Å². The maximum absolute atomic E-state index is 3.83. The van der Waals surface area contributed by atoms with Crippen LogP contribution in [0.4, 0.5) is 0 Å². The first-order valence-corrected chi connectivity index (χ1v) is 8.21. The number of rotatable bonds is 4. The predicted octanol–water partition coefficient (Wildman–Crippen LogP) is 3.42. The van der Waals surface area contributed by atoms with Gasteiger partial charge in [-0.15, -0.1) is 0 Å². The highest BCUT2D eigenvalue weighted by Gasteiger charge is 2.35. The Labute approximate surface area is 114 Å². The zero-order valence-corrected chi connectivity index (χ0v) is 12.6. The van der Waals surface area contributed by atoms with Gasteiger partial charge in [0.2, 0.25) is 0 Å². The van der Waals surface area contributed by atoms with Crippen molar-refractivity contribution in [1.82, 2.24) is 10.2 Å². The highest BCUT2D eigenvalue weighted by atomic mass is 15.2. The van der Waals surface area contributed by atoms with E-state index in [1.807, 2.05) is 0 Å². The molecule has 1 aliphatic heterocycles. The van der Waals surface area contributed by atoms with Crippen molar-refractivity contribution in [3.63, 3.8) is 0 Å². The third kappa shape index (κ3) is 3.48. The van der Waals surface area contributed by atoms with Crippen molar-refractivity contribution < 1.29 is 0 Å². The molecule has 2 rings (SSSR count). The number of likely N-dealkylation sites (tertiary alicyclic amines) is 1. The molecule has 2 aliphatic rings. The van der Waals surface area contributed by atoms with Gasteiger partial charge in [0.05, 0.1) is 0 Å². The van der Waals surface area contributed by atoms with E-state index in [0.717, 1.165) is 24.0 Å². The first-order valence-electron chi connectivity index (χ1n) is 8.21. The lowest BCUT2D eigenvalue weighted by molar-refractivity contribution is 0.139. The fourth-order valence-corrected chi connectivity index (χ4v) is 4.05. The van der Waals surface area contributed by atoms with E-state index in [2.05, 4.69) is 31.0 Å². The minimum atomic E-state index is 0.750. The van der Waals surface area contributed by atoms with Gasteiger partial charge in [0.1, 0.15) is 0 Å². The molecule has 2 nitrogen and oxygen atoms in total. The van der Waals surface area contributed by atoms with Crippen LogP contribution in [0.5, 0.6) is 0 Å². The summed E-state index contributed by atoms with van der Waals surface area (Å²) in [5.41, 5.74) is 0. The quantitative estimate of drug-likeness (QED) is 0.771. The molecule has 18 heavy (non-hydrogen) atoms. The van der Waals surface area contributed by atoms with E-state index in [9.17, 15) is 0 Å². The van der Waals surface area contributed by atoms with E-state index < -0.39 is 0 Å². The SMILES string of the molecule is CCCNC1CCCCCC1N1CC(C)CC1C. The molecule has 0 radical (unpaired) electrons. The second-order valence-electron chi connectivity index (χ2n) is 6.65. The fraction of sp³-hybridized carbons (Fsp3) is 1.00. The maximum atomic E-state index is 3.83. The molecule has 106 valence electrons. The Balaban J connectivity index is 2.00. The van der Waals surface area contributed by atoms with Crippen LogP contribution >= 0.6 is 0 Å². The molecule has 1 aliphatic carbocycles. The summed E-state index contributed by atoms with van der Waals surface area (Å²) >= 11 is 0. The summed E-state index contributed by atoms with van der Waals surface area (Å²) in [6.07, 6.45) is 9.77. The van der Waals surface area contributed by atoms with E-state index in [-0.39, 0.29) is 0 Å². The van der Waals surface area contributed by atoms with Crippen molar-refractivity contribution in [2.24, 2.45) is 5.92 Å². The van der Waals surface area contributed by atoms with Crippen LogP contribution in [0.2, 0.25) is 0 Å². The summed E-state index contributed by atoms with van der Waals surface area (Å²) in [5, 5.41) is 3.83. The molecule has 1 saturated heterocycles. The van der Waals surface area contributed by atoms with Crippen LogP contribution < -0.4 is 5.32 Å². The number of hydrogen-bond donors (Lipinski definition) is 1. The van der Waals surface area contributed by atoms with E-state index in [0.29, 0.717) is 0 Å². The molecule has 1 N–H and O–H groups in total. The molecule has 4 atom stereocenters. The van der Waals surface area contributed by atoms with Crippen LogP contribution in [0, 0.1) is 5.92 Å². The summed E-state index contributed by atoms with van der Waals surface area (Å²) in [4.78, 5) is 2.82. The monoisotopic (exact) mass is 252 g/mol. The highest BCUT2D eigenvalue weighted by molar-refractivity contribution is 4.93. The molecular weight excluding hydrogens is 220 g/mol. The second kappa shape index (κ2) is 6.91. The molecule has 0 spiro atoms. The molecule has 4 unspecified atom stereocenters. The summed E-state index contributed by atoms with van der Waals surface area (Å²) in [6.45, 7) is 9.65. The standard InChI is InChI=1S/C16H32N2/c1-4-10-17-15-8-6-5-7-9-16(15)18-12-13(2)11-14(18)3/h13-17H,4-12H2,1-3H3. The van der Waals surface area contributed by atoms with Gasteiger partial charge in [-0.1, -0.05) is 33.1 Å². The van der Waals surface area contributed by atoms with Crippen molar-refractivity contribution in [1.29, 1.82) is 0 Å². The summed E-state index contributed by atoms with van der Waals surface area (Å²) in [7, 11) is 0. The van der Waals surface area contributed by atoms with Crippen molar-refractivity contribution >= 4 is 0 Å². The van der Waals surface area contributed by atoms with Gasteiger partial charge in [0.25, 0.3) is 0 Å². The van der Waals surface area contributed by atoms with Crippen molar-refractivity contribution in [3.05, 3.63) is 0 Å². The molecule has 0 bridgehead atoms. The number of nitrogens with one attached hydrogen (secondary N) is 1. The Morgan fingerprint density at radius 3 is 2.56 bits per heavy atom. The molecular formula is C16H32N2. The zero-order chi connectivity index (χ0) is 13.0. The molecule has 0 aromatic rings. The van der Waals surface area contributed by atoms with Crippen LogP contribution in [0.1, 0.15) is 65.7 Å². The number of hydrogen-bond acceptors (Lipinski definition) is 2. The summed E-state index contributed by atoms with van der Waals surface area (Å²) in [5.74, 6) is 0.898. The first-order chi connectivity index (χ1) is 8.72. The Morgan fingerprint density at radius 2 is 1.89 bits per heavy atom. The predicted molar refractivity (Wildman–Crippen MR) is 78.9 cm³/mol. The fourth-order valence-electron chi connectivity index (χ4n) is 4.05. The van der Waals surface area contributed by atoms with Crippen molar-refractivity contribution in [3.8, 4) is 0 Å². The van der Waals surface area contributed by atoms with Gasteiger partial charge in [-0.05, 0) is 45.1 Å². The van der Waals surface area contributed by atoms with Crippen LogP contribution in [0.25, 0.3) is 0 Å². The van der Waals surface area contributed by atoms with Crippen LogP contribution in [-0.4, -0.2) is 36.1 Å². The largest absolute Gasteiger partial charge is 0.312 e. The lowest BCUT2D eigenvalue weighted by atomic mass is 10.0. The van der Waals surface area contributed by atoms with Crippen molar-refractivity contribution in [2.45, 2.75) is 83.8 Å². The average Bonchev–Trinajstić information content (AvgIpc) is 2.56. The van der Waals surface area contributed by atoms with Gasteiger partial charge in [-0.2, -0.15) is 0 Å². The third-order valence-electron chi connectivity index (χ3n) is 4.89. The van der Waals surface area contributed by atoms with E-state index >= 15 is 0 Å². The second-order valence-corrected chi connectivity index (χ2v) is 6.65.